The van der Waals surface area contributed by atoms with E-state index in [0.29, 0.717) is 6.54 Å². The molecule has 0 saturated carbocycles. The molecule has 1 aromatic heterocycles. The molecule has 20 heavy (non-hydrogen) atoms. The third-order valence-corrected chi connectivity index (χ3v) is 3.13. The fourth-order valence-corrected chi connectivity index (χ4v) is 2.01. The van der Waals surface area contributed by atoms with Crippen LogP contribution >= 0.6 is 0 Å². The molecule has 2 N–H and O–H groups in total. The highest BCUT2D eigenvalue weighted by molar-refractivity contribution is 5.90. The van der Waals surface area contributed by atoms with Crippen molar-refractivity contribution in [2.24, 2.45) is 0 Å². The molecule has 0 fully saturated rings. The second-order valence-corrected chi connectivity index (χ2v) is 4.82. The van der Waals surface area contributed by atoms with E-state index in [9.17, 15) is 4.79 Å². The van der Waals surface area contributed by atoms with Crippen molar-refractivity contribution < 1.29 is 4.79 Å². The normalized spacial score (nSPS) is 10.5. The number of amides is 1. The van der Waals surface area contributed by atoms with Crippen LogP contribution in [0, 0.1) is 6.92 Å². The van der Waals surface area contributed by atoms with Crippen LogP contribution in [0.25, 0.3) is 0 Å². The molecule has 106 valence electrons. The molecule has 0 bridgehead atoms. The molecule has 4 heteroatoms. The lowest BCUT2D eigenvalue weighted by atomic mass is 10.2. The highest BCUT2D eigenvalue weighted by Gasteiger charge is 2.06. The molecule has 4 nitrogen and oxygen atoms in total. The van der Waals surface area contributed by atoms with E-state index >= 15 is 0 Å². The summed E-state index contributed by atoms with van der Waals surface area (Å²) in [6.45, 7) is 6.12. The monoisotopic (exact) mass is 271 g/mol. The van der Waals surface area contributed by atoms with Gasteiger partial charge in [-0.25, -0.2) is 0 Å². The summed E-state index contributed by atoms with van der Waals surface area (Å²) in [5.74, 6) is -0.0113. The number of benzene rings is 1. The maximum Gasteiger partial charge on any atom is 0.244 e. The SMILES string of the molecule is CCNCc1cccn1CC(=O)Nc1ccc(C)cc1. The molecule has 0 atom stereocenters. The summed E-state index contributed by atoms with van der Waals surface area (Å²) in [6, 6.07) is 11.8. The largest absolute Gasteiger partial charge is 0.341 e. The average Bonchev–Trinajstić information content (AvgIpc) is 2.86. The van der Waals surface area contributed by atoms with Crippen molar-refractivity contribution in [1.82, 2.24) is 9.88 Å². The van der Waals surface area contributed by atoms with Crippen LogP contribution in [-0.4, -0.2) is 17.0 Å². The van der Waals surface area contributed by atoms with Gasteiger partial charge in [-0.2, -0.15) is 0 Å². The van der Waals surface area contributed by atoms with E-state index in [1.54, 1.807) is 0 Å². The second-order valence-electron chi connectivity index (χ2n) is 4.82. The standard InChI is InChI=1S/C16H21N3O/c1-3-17-11-15-5-4-10-19(15)12-16(20)18-14-8-6-13(2)7-9-14/h4-10,17H,3,11-12H2,1-2H3,(H,18,20). The van der Waals surface area contributed by atoms with Crippen molar-refractivity contribution >= 4 is 11.6 Å². The number of carbonyl (C=O) groups excluding carboxylic acids is 1. The molecular weight excluding hydrogens is 250 g/mol. The Morgan fingerprint density at radius 1 is 1.20 bits per heavy atom. The Balaban J connectivity index is 1.94. The van der Waals surface area contributed by atoms with E-state index in [0.717, 1.165) is 24.5 Å². The van der Waals surface area contributed by atoms with E-state index in [1.807, 2.05) is 54.1 Å². The lowest BCUT2D eigenvalue weighted by Gasteiger charge is -2.10. The Morgan fingerprint density at radius 3 is 2.65 bits per heavy atom. The molecule has 0 saturated heterocycles. The topological polar surface area (TPSA) is 46.1 Å². The predicted molar refractivity (Wildman–Crippen MR) is 81.6 cm³/mol. The molecule has 2 aromatic rings. The van der Waals surface area contributed by atoms with Gasteiger partial charge in [-0.3, -0.25) is 4.79 Å². The molecule has 0 radical (unpaired) electrons. The van der Waals surface area contributed by atoms with Gasteiger partial charge >= 0.3 is 0 Å². The van der Waals surface area contributed by atoms with Crippen LogP contribution in [-0.2, 0) is 17.9 Å². The Labute approximate surface area is 119 Å². The number of nitrogens with zero attached hydrogens (tertiary/aromatic N) is 1. The average molecular weight is 271 g/mol. The van der Waals surface area contributed by atoms with E-state index in [2.05, 4.69) is 17.6 Å². The van der Waals surface area contributed by atoms with Crippen molar-refractivity contribution in [1.29, 1.82) is 0 Å². The number of nitrogens with one attached hydrogen (secondary N) is 2. The van der Waals surface area contributed by atoms with Crippen LogP contribution in [0.5, 0.6) is 0 Å². The number of rotatable bonds is 6. The Morgan fingerprint density at radius 2 is 1.95 bits per heavy atom. The van der Waals surface area contributed by atoms with Crippen molar-refractivity contribution in [3.63, 3.8) is 0 Å². The Bertz CT molecular complexity index is 557. The Kier molecular flexibility index (Phi) is 4.96. The van der Waals surface area contributed by atoms with E-state index in [4.69, 9.17) is 0 Å². The smallest absolute Gasteiger partial charge is 0.244 e. The summed E-state index contributed by atoms with van der Waals surface area (Å²) < 4.78 is 1.96. The third-order valence-electron chi connectivity index (χ3n) is 3.13. The quantitative estimate of drug-likeness (QED) is 0.848. The molecule has 2 rings (SSSR count). The van der Waals surface area contributed by atoms with Crippen LogP contribution in [0.2, 0.25) is 0 Å². The first kappa shape index (κ1) is 14.3. The van der Waals surface area contributed by atoms with E-state index in [1.165, 1.54) is 5.56 Å². The fraction of sp³-hybridized carbons (Fsp3) is 0.312. The molecule has 0 spiro atoms. The van der Waals surface area contributed by atoms with Crippen molar-refractivity contribution in [3.8, 4) is 0 Å². The van der Waals surface area contributed by atoms with Crippen molar-refractivity contribution in [3.05, 3.63) is 53.9 Å². The summed E-state index contributed by atoms with van der Waals surface area (Å²) in [7, 11) is 0. The van der Waals surface area contributed by atoms with Crippen LogP contribution in [0.15, 0.2) is 42.6 Å². The van der Waals surface area contributed by atoms with Crippen LogP contribution in [0.4, 0.5) is 5.69 Å². The van der Waals surface area contributed by atoms with Gasteiger partial charge in [-0.1, -0.05) is 24.6 Å². The lowest BCUT2D eigenvalue weighted by molar-refractivity contribution is -0.116. The van der Waals surface area contributed by atoms with Crippen LogP contribution < -0.4 is 10.6 Å². The first-order valence-corrected chi connectivity index (χ1v) is 6.90. The summed E-state index contributed by atoms with van der Waals surface area (Å²) in [5.41, 5.74) is 3.13. The Hall–Kier alpha value is -2.07. The molecule has 0 aliphatic heterocycles. The summed E-state index contributed by atoms with van der Waals surface area (Å²) in [5, 5.41) is 6.18. The molecule has 1 aromatic carbocycles. The minimum absolute atomic E-state index is 0.0113. The minimum atomic E-state index is -0.0113. The maximum atomic E-state index is 12.0. The highest BCUT2D eigenvalue weighted by Crippen LogP contribution is 2.09. The van der Waals surface area contributed by atoms with E-state index < -0.39 is 0 Å². The van der Waals surface area contributed by atoms with E-state index in [-0.39, 0.29) is 5.91 Å². The predicted octanol–water partition coefficient (Wildman–Crippen LogP) is 2.54. The molecule has 1 heterocycles. The zero-order chi connectivity index (χ0) is 14.4. The number of hydrogen-bond donors (Lipinski definition) is 2. The van der Waals surface area contributed by atoms with Crippen LogP contribution in [0.3, 0.4) is 0 Å². The third kappa shape index (κ3) is 3.96. The molecular formula is C16H21N3O. The molecule has 1 amide bonds. The number of anilines is 1. The first-order chi connectivity index (χ1) is 9.69. The lowest BCUT2D eigenvalue weighted by Crippen LogP contribution is -2.21. The number of hydrogen-bond acceptors (Lipinski definition) is 2. The second kappa shape index (κ2) is 6.91. The maximum absolute atomic E-state index is 12.0. The molecule has 0 unspecified atom stereocenters. The fourth-order valence-electron chi connectivity index (χ4n) is 2.01. The van der Waals surface area contributed by atoms with Gasteiger partial charge in [0, 0.05) is 24.1 Å². The van der Waals surface area contributed by atoms with Gasteiger partial charge in [0.15, 0.2) is 0 Å². The minimum Gasteiger partial charge on any atom is -0.341 e. The van der Waals surface area contributed by atoms with Gasteiger partial charge in [0.2, 0.25) is 5.91 Å². The first-order valence-electron chi connectivity index (χ1n) is 6.90. The van der Waals surface area contributed by atoms with Crippen LogP contribution in [0.1, 0.15) is 18.2 Å². The van der Waals surface area contributed by atoms with Gasteiger partial charge in [0.25, 0.3) is 0 Å². The molecule has 0 aliphatic carbocycles. The number of carbonyl (C=O) groups is 1. The van der Waals surface area contributed by atoms with Gasteiger partial charge in [-0.15, -0.1) is 0 Å². The van der Waals surface area contributed by atoms with Gasteiger partial charge in [0.1, 0.15) is 6.54 Å². The molecule has 0 aliphatic rings. The van der Waals surface area contributed by atoms with Gasteiger partial charge in [-0.05, 0) is 37.7 Å². The zero-order valence-corrected chi connectivity index (χ0v) is 12.0. The zero-order valence-electron chi connectivity index (χ0n) is 12.0. The highest BCUT2D eigenvalue weighted by atomic mass is 16.1. The van der Waals surface area contributed by atoms with Crippen molar-refractivity contribution in [2.75, 3.05) is 11.9 Å². The summed E-state index contributed by atoms with van der Waals surface area (Å²) in [4.78, 5) is 12.0. The summed E-state index contributed by atoms with van der Waals surface area (Å²) in [6.07, 6.45) is 1.93. The summed E-state index contributed by atoms with van der Waals surface area (Å²) >= 11 is 0. The van der Waals surface area contributed by atoms with Crippen molar-refractivity contribution in [2.45, 2.75) is 26.9 Å². The number of aromatic nitrogens is 1. The van der Waals surface area contributed by atoms with Gasteiger partial charge < -0.3 is 15.2 Å². The van der Waals surface area contributed by atoms with Gasteiger partial charge in [0.05, 0.1) is 0 Å². The number of aryl methyl sites for hydroxylation is 1.